The molecule has 2 amide bonds. The van der Waals surface area contributed by atoms with Gasteiger partial charge in [-0.25, -0.2) is 17.6 Å². The molecule has 0 atom stereocenters. The van der Waals surface area contributed by atoms with Crippen molar-refractivity contribution < 1.29 is 27.6 Å². The molecule has 0 saturated carbocycles. The molecule has 10 nitrogen and oxygen atoms in total. The van der Waals surface area contributed by atoms with E-state index in [1.807, 2.05) is 0 Å². The van der Waals surface area contributed by atoms with Gasteiger partial charge >= 0.3 is 6.03 Å². The van der Waals surface area contributed by atoms with Gasteiger partial charge < -0.3 is 15.7 Å². The Morgan fingerprint density at radius 3 is 2.23 bits per heavy atom. The third-order valence-corrected chi connectivity index (χ3v) is 5.31. The van der Waals surface area contributed by atoms with E-state index in [9.17, 15) is 32.8 Å². The Morgan fingerprint density at radius 2 is 1.58 bits per heavy atom. The monoisotopic (exact) mass is 446 g/mol. The predicted molar refractivity (Wildman–Crippen MR) is 111 cm³/mol. The second-order valence-corrected chi connectivity index (χ2v) is 7.83. The molecule has 0 aromatic heterocycles. The molecule has 0 fully saturated rings. The van der Waals surface area contributed by atoms with Crippen molar-refractivity contribution in [2.45, 2.75) is 4.90 Å². The molecule has 0 spiro atoms. The molecule has 0 unspecified atom stereocenters. The van der Waals surface area contributed by atoms with E-state index in [0.717, 1.165) is 24.3 Å². The van der Waals surface area contributed by atoms with Crippen LogP contribution in [-0.4, -0.2) is 24.5 Å². The van der Waals surface area contributed by atoms with Crippen molar-refractivity contribution in [3.63, 3.8) is 0 Å². The number of nitrogens with zero attached hydrogens (tertiary/aromatic N) is 1. The number of amides is 2. The molecule has 0 aliphatic heterocycles. The number of phenols is 1. The number of carbonyl (C=O) groups is 1. The summed E-state index contributed by atoms with van der Waals surface area (Å²) in [5.74, 6) is -1.23. The summed E-state index contributed by atoms with van der Waals surface area (Å²) in [4.78, 5) is 21.5. The first-order valence-corrected chi connectivity index (χ1v) is 10.1. The van der Waals surface area contributed by atoms with E-state index in [-0.39, 0.29) is 28.5 Å². The summed E-state index contributed by atoms with van der Waals surface area (Å²) >= 11 is 0. The molecule has 0 radical (unpaired) electrons. The van der Waals surface area contributed by atoms with E-state index in [4.69, 9.17) is 0 Å². The van der Waals surface area contributed by atoms with Crippen LogP contribution < -0.4 is 15.4 Å². The molecule has 3 aromatic carbocycles. The molecule has 0 aliphatic rings. The lowest BCUT2D eigenvalue weighted by Crippen LogP contribution is -2.20. The average Bonchev–Trinajstić information content (AvgIpc) is 2.69. The third-order valence-electron chi connectivity index (χ3n) is 3.91. The Labute approximate surface area is 175 Å². The largest absolute Gasteiger partial charge is 0.508 e. The Morgan fingerprint density at radius 1 is 0.935 bits per heavy atom. The molecule has 3 rings (SSSR count). The number of rotatable bonds is 6. The van der Waals surface area contributed by atoms with Crippen LogP contribution in [0.5, 0.6) is 5.75 Å². The maximum atomic E-state index is 14.2. The van der Waals surface area contributed by atoms with E-state index in [1.54, 1.807) is 0 Å². The number of nitro groups is 1. The van der Waals surface area contributed by atoms with Gasteiger partial charge in [0.25, 0.3) is 15.7 Å². The second-order valence-electron chi connectivity index (χ2n) is 6.18. The number of aromatic hydroxyl groups is 1. The van der Waals surface area contributed by atoms with Gasteiger partial charge in [-0.15, -0.1) is 0 Å². The van der Waals surface area contributed by atoms with Crippen molar-refractivity contribution in [2.24, 2.45) is 0 Å². The topological polar surface area (TPSA) is 151 Å². The Bertz CT molecular complexity index is 1250. The van der Waals surface area contributed by atoms with Gasteiger partial charge in [-0.2, -0.15) is 0 Å². The lowest BCUT2D eigenvalue weighted by atomic mass is 10.3. The SMILES string of the molecule is O=C(Nc1ccc([N+](=O)[O-])cc1)Nc1ccc(F)c(S(=O)(=O)Nc2cccc(O)c2)c1. The highest BCUT2D eigenvalue weighted by Gasteiger charge is 2.20. The Kier molecular flexibility index (Phi) is 6.02. The van der Waals surface area contributed by atoms with Crippen LogP contribution in [0.2, 0.25) is 0 Å². The van der Waals surface area contributed by atoms with Crippen molar-refractivity contribution in [1.29, 1.82) is 0 Å². The van der Waals surface area contributed by atoms with E-state index in [1.165, 1.54) is 42.5 Å². The lowest BCUT2D eigenvalue weighted by Gasteiger charge is -2.12. The normalized spacial score (nSPS) is 10.9. The van der Waals surface area contributed by atoms with Crippen LogP contribution in [0, 0.1) is 15.9 Å². The van der Waals surface area contributed by atoms with Crippen molar-refractivity contribution in [3.05, 3.63) is 82.7 Å². The summed E-state index contributed by atoms with van der Waals surface area (Å²) in [6, 6.07) is 12.5. The Balaban J connectivity index is 1.75. The van der Waals surface area contributed by atoms with Crippen LogP contribution in [0.15, 0.2) is 71.6 Å². The van der Waals surface area contributed by atoms with Crippen LogP contribution in [-0.2, 0) is 10.0 Å². The van der Waals surface area contributed by atoms with Crippen LogP contribution in [0.25, 0.3) is 0 Å². The van der Waals surface area contributed by atoms with Crippen molar-refractivity contribution in [2.75, 3.05) is 15.4 Å². The zero-order valence-corrected chi connectivity index (χ0v) is 16.4. The standard InChI is InChI=1S/C19H15FN4O6S/c20-17-9-6-13(22-19(26)21-12-4-7-15(8-5-12)24(27)28)11-18(17)31(29,30)23-14-2-1-3-16(25)10-14/h1-11,23,25H,(H2,21,22,26). The number of carbonyl (C=O) groups excluding carboxylic acids is 1. The minimum Gasteiger partial charge on any atom is -0.508 e. The maximum Gasteiger partial charge on any atom is 0.323 e. The fraction of sp³-hybridized carbons (Fsp3) is 0. The van der Waals surface area contributed by atoms with Gasteiger partial charge in [0.15, 0.2) is 0 Å². The molecular formula is C19H15FN4O6S. The summed E-state index contributed by atoms with van der Waals surface area (Å²) in [5, 5.41) is 24.9. The van der Waals surface area contributed by atoms with Crippen LogP contribution in [0.3, 0.4) is 0 Å². The van der Waals surface area contributed by atoms with E-state index < -0.39 is 31.7 Å². The fourth-order valence-electron chi connectivity index (χ4n) is 2.53. The summed E-state index contributed by atoms with van der Waals surface area (Å²) in [6.07, 6.45) is 0. The summed E-state index contributed by atoms with van der Waals surface area (Å²) in [6.45, 7) is 0. The number of benzene rings is 3. The molecule has 4 N–H and O–H groups in total. The molecule has 3 aromatic rings. The second kappa shape index (κ2) is 8.67. The molecular weight excluding hydrogens is 431 g/mol. The Hall–Kier alpha value is -4.19. The van der Waals surface area contributed by atoms with Gasteiger partial charge in [0.05, 0.1) is 10.6 Å². The molecule has 0 heterocycles. The number of urea groups is 1. The quantitative estimate of drug-likeness (QED) is 0.333. The lowest BCUT2D eigenvalue weighted by molar-refractivity contribution is -0.384. The number of halogens is 1. The first kappa shape index (κ1) is 21.5. The van der Waals surface area contributed by atoms with Gasteiger partial charge in [-0.1, -0.05) is 6.07 Å². The maximum absolute atomic E-state index is 14.2. The highest BCUT2D eigenvalue weighted by atomic mass is 32.2. The summed E-state index contributed by atoms with van der Waals surface area (Å²) < 4.78 is 41.4. The predicted octanol–water partition coefficient (Wildman–Crippen LogP) is 3.88. The molecule has 0 bridgehead atoms. The van der Waals surface area contributed by atoms with Gasteiger partial charge in [-0.05, 0) is 42.5 Å². The number of nitro benzene ring substituents is 1. The average molecular weight is 446 g/mol. The van der Waals surface area contributed by atoms with Gasteiger partial charge in [-0.3, -0.25) is 14.8 Å². The minimum atomic E-state index is -4.36. The fourth-order valence-corrected chi connectivity index (χ4v) is 3.68. The van der Waals surface area contributed by atoms with Crippen LogP contribution >= 0.6 is 0 Å². The molecule has 0 saturated heterocycles. The molecule has 31 heavy (non-hydrogen) atoms. The number of nitrogens with one attached hydrogen (secondary N) is 3. The number of hydrogen-bond donors (Lipinski definition) is 4. The van der Waals surface area contributed by atoms with E-state index in [0.29, 0.717) is 0 Å². The van der Waals surface area contributed by atoms with Crippen molar-refractivity contribution in [1.82, 2.24) is 0 Å². The van der Waals surface area contributed by atoms with Crippen molar-refractivity contribution in [3.8, 4) is 5.75 Å². The molecule has 160 valence electrons. The molecule has 12 heteroatoms. The van der Waals surface area contributed by atoms with E-state index in [2.05, 4.69) is 15.4 Å². The number of sulfonamides is 1. The summed E-state index contributed by atoms with van der Waals surface area (Å²) in [7, 11) is -4.36. The van der Waals surface area contributed by atoms with Crippen molar-refractivity contribution >= 4 is 38.8 Å². The number of phenolic OH excluding ortho intramolecular Hbond substituents is 1. The highest BCUT2D eigenvalue weighted by molar-refractivity contribution is 7.92. The van der Waals surface area contributed by atoms with Gasteiger partial charge in [0, 0.05) is 29.6 Å². The zero-order valence-electron chi connectivity index (χ0n) is 15.6. The summed E-state index contributed by atoms with van der Waals surface area (Å²) in [5.41, 5.74) is 0.105. The zero-order chi connectivity index (χ0) is 22.6. The van der Waals surface area contributed by atoms with Crippen LogP contribution in [0.1, 0.15) is 0 Å². The number of non-ortho nitro benzene ring substituents is 1. The van der Waals surface area contributed by atoms with E-state index >= 15 is 0 Å². The molecule has 0 aliphatic carbocycles. The van der Waals surface area contributed by atoms with Gasteiger partial charge in [0.2, 0.25) is 0 Å². The first-order valence-electron chi connectivity index (χ1n) is 8.58. The smallest absolute Gasteiger partial charge is 0.323 e. The number of anilines is 3. The number of hydrogen-bond acceptors (Lipinski definition) is 6. The highest BCUT2D eigenvalue weighted by Crippen LogP contribution is 2.24. The minimum absolute atomic E-state index is 0.0166. The van der Waals surface area contributed by atoms with Crippen LogP contribution in [0.4, 0.5) is 31.9 Å². The van der Waals surface area contributed by atoms with Gasteiger partial charge in [0.1, 0.15) is 16.5 Å². The third kappa shape index (κ3) is 5.45. The first-order chi connectivity index (χ1) is 14.6.